The lowest BCUT2D eigenvalue weighted by atomic mass is 9.98. The molecule has 1 aliphatic heterocycles. The van der Waals surface area contributed by atoms with Gasteiger partial charge in [0.15, 0.2) is 0 Å². The normalized spacial score (nSPS) is 17.8. The van der Waals surface area contributed by atoms with Crippen LogP contribution >= 0.6 is 11.3 Å². The number of benzene rings is 1. The lowest BCUT2D eigenvalue weighted by Gasteiger charge is -2.30. The van der Waals surface area contributed by atoms with Crippen LogP contribution in [0.25, 0.3) is 0 Å². The number of carbonyl (C=O) groups is 2. The van der Waals surface area contributed by atoms with Crippen LogP contribution in [0.1, 0.15) is 30.1 Å². The minimum Gasteiger partial charge on any atom is -0.462 e. The van der Waals surface area contributed by atoms with Crippen molar-refractivity contribution >= 4 is 38.9 Å². The third-order valence-electron chi connectivity index (χ3n) is 4.51. The first-order chi connectivity index (χ1) is 13.4. The van der Waals surface area contributed by atoms with Gasteiger partial charge in [-0.25, -0.2) is 13.2 Å². The van der Waals surface area contributed by atoms with Crippen LogP contribution < -0.4 is 5.32 Å². The smallest absolute Gasteiger partial charge is 0.338 e. The van der Waals surface area contributed by atoms with Crippen molar-refractivity contribution in [1.82, 2.24) is 4.31 Å². The molecule has 150 valence electrons. The van der Waals surface area contributed by atoms with Crippen LogP contribution in [-0.2, 0) is 19.6 Å². The fourth-order valence-corrected chi connectivity index (χ4v) is 5.73. The van der Waals surface area contributed by atoms with Crippen LogP contribution in [0.5, 0.6) is 0 Å². The number of anilines is 1. The van der Waals surface area contributed by atoms with Gasteiger partial charge in [0, 0.05) is 18.8 Å². The van der Waals surface area contributed by atoms with Crippen molar-refractivity contribution in [3.63, 3.8) is 0 Å². The Labute approximate surface area is 168 Å². The summed E-state index contributed by atoms with van der Waals surface area (Å²) >= 11 is 1.17. The van der Waals surface area contributed by atoms with E-state index >= 15 is 0 Å². The molecule has 1 aromatic heterocycles. The van der Waals surface area contributed by atoms with E-state index in [0.717, 1.165) is 0 Å². The zero-order valence-electron chi connectivity index (χ0n) is 15.5. The molecule has 1 unspecified atom stereocenters. The summed E-state index contributed by atoms with van der Waals surface area (Å²) in [4.78, 5) is 24.3. The van der Waals surface area contributed by atoms with Crippen LogP contribution in [0.15, 0.2) is 46.0 Å². The summed E-state index contributed by atoms with van der Waals surface area (Å²) < 4.78 is 32.0. The van der Waals surface area contributed by atoms with Gasteiger partial charge in [-0.1, -0.05) is 6.07 Å². The Morgan fingerprint density at radius 1 is 1.25 bits per heavy atom. The molecule has 0 spiro atoms. The number of ether oxygens (including phenoxy) is 1. The van der Waals surface area contributed by atoms with E-state index in [4.69, 9.17) is 4.74 Å². The second-order valence-electron chi connectivity index (χ2n) is 6.42. The second kappa shape index (κ2) is 8.85. The summed E-state index contributed by atoms with van der Waals surface area (Å²) in [6, 6.07) is 9.71. The number of thiophene rings is 1. The maximum Gasteiger partial charge on any atom is 0.338 e. The molecule has 2 heterocycles. The van der Waals surface area contributed by atoms with Crippen LogP contribution in [0.2, 0.25) is 0 Å². The highest BCUT2D eigenvalue weighted by atomic mass is 32.2. The predicted molar refractivity (Wildman–Crippen MR) is 107 cm³/mol. The molecule has 1 aliphatic rings. The quantitative estimate of drug-likeness (QED) is 0.723. The Hall–Kier alpha value is -2.23. The summed E-state index contributed by atoms with van der Waals surface area (Å²) in [7, 11) is -3.56. The Balaban J connectivity index is 1.64. The van der Waals surface area contributed by atoms with E-state index < -0.39 is 21.9 Å². The molecule has 7 nitrogen and oxygen atoms in total. The molecule has 1 amide bonds. The number of nitrogens with one attached hydrogen (secondary N) is 1. The fraction of sp³-hybridized carbons (Fsp3) is 0.368. The van der Waals surface area contributed by atoms with E-state index in [1.165, 1.54) is 15.6 Å². The van der Waals surface area contributed by atoms with Crippen molar-refractivity contribution in [1.29, 1.82) is 0 Å². The van der Waals surface area contributed by atoms with Gasteiger partial charge in [0.2, 0.25) is 5.91 Å². The number of amides is 1. The molecule has 1 fully saturated rings. The zero-order chi connectivity index (χ0) is 20.1. The standard InChI is InChI=1S/C19H22N2O5S2/c1-2-26-19(23)14-7-9-16(10-8-14)20-18(22)15-5-3-11-21(13-15)28(24,25)17-6-4-12-27-17/h4,6-10,12,15H,2-3,5,11,13H2,1H3,(H,20,22). The van der Waals surface area contributed by atoms with Crippen molar-refractivity contribution in [3.05, 3.63) is 47.3 Å². The molecule has 1 saturated heterocycles. The number of rotatable bonds is 6. The van der Waals surface area contributed by atoms with E-state index in [1.807, 2.05) is 0 Å². The van der Waals surface area contributed by atoms with Crippen LogP contribution in [0.3, 0.4) is 0 Å². The molecular weight excluding hydrogens is 400 g/mol. The molecule has 3 rings (SSSR count). The summed E-state index contributed by atoms with van der Waals surface area (Å²) in [5, 5.41) is 4.53. The van der Waals surface area contributed by atoms with Crippen LogP contribution in [0.4, 0.5) is 5.69 Å². The number of sulfonamides is 1. The Bertz CT molecular complexity index is 924. The van der Waals surface area contributed by atoms with Crippen molar-refractivity contribution in [2.24, 2.45) is 5.92 Å². The maximum absolute atomic E-state index is 12.7. The van der Waals surface area contributed by atoms with Gasteiger partial charge >= 0.3 is 5.97 Å². The summed E-state index contributed by atoms with van der Waals surface area (Å²) in [5.41, 5.74) is 0.960. The number of esters is 1. The molecule has 0 radical (unpaired) electrons. The molecule has 9 heteroatoms. The highest BCUT2D eigenvalue weighted by molar-refractivity contribution is 7.91. The van der Waals surface area contributed by atoms with Gasteiger partial charge in [-0.15, -0.1) is 11.3 Å². The maximum atomic E-state index is 12.7. The lowest BCUT2D eigenvalue weighted by molar-refractivity contribution is -0.120. The number of hydrogen-bond donors (Lipinski definition) is 1. The first-order valence-electron chi connectivity index (χ1n) is 9.03. The second-order valence-corrected chi connectivity index (χ2v) is 9.53. The third kappa shape index (κ3) is 4.60. The molecule has 2 aromatic rings. The number of hydrogen-bond acceptors (Lipinski definition) is 6. The van der Waals surface area contributed by atoms with Gasteiger partial charge in [-0.05, 0) is 55.5 Å². The Morgan fingerprint density at radius 2 is 2.00 bits per heavy atom. The lowest BCUT2D eigenvalue weighted by Crippen LogP contribution is -2.43. The van der Waals surface area contributed by atoms with E-state index in [0.29, 0.717) is 41.5 Å². The number of piperidine rings is 1. The van der Waals surface area contributed by atoms with Crippen molar-refractivity contribution in [2.75, 3.05) is 25.0 Å². The van der Waals surface area contributed by atoms with E-state index in [-0.39, 0.29) is 12.5 Å². The Kier molecular flexibility index (Phi) is 6.48. The fourth-order valence-electron chi connectivity index (χ4n) is 3.06. The van der Waals surface area contributed by atoms with Gasteiger partial charge in [-0.3, -0.25) is 4.79 Å². The van der Waals surface area contributed by atoms with Gasteiger partial charge in [0.25, 0.3) is 10.0 Å². The summed E-state index contributed by atoms with van der Waals surface area (Å²) in [5.74, 6) is -1.06. The van der Waals surface area contributed by atoms with Crippen LogP contribution in [0, 0.1) is 5.92 Å². The monoisotopic (exact) mass is 422 g/mol. The minimum atomic E-state index is -3.56. The highest BCUT2D eigenvalue weighted by Crippen LogP contribution is 2.27. The molecule has 28 heavy (non-hydrogen) atoms. The SMILES string of the molecule is CCOC(=O)c1ccc(NC(=O)C2CCCN(S(=O)(=O)c3cccs3)C2)cc1. The van der Waals surface area contributed by atoms with Crippen molar-refractivity contribution in [2.45, 2.75) is 24.0 Å². The van der Waals surface area contributed by atoms with Crippen molar-refractivity contribution in [3.8, 4) is 0 Å². The number of nitrogens with zero attached hydrogens (tertiary/aromatic N) is 1. The average Bonchev–Trinajstić information content (AvgIpc) is 3.24. The Morgan fingerprint density at radius 3 is 2.64 bits per heavy atom. The largest absolute Gasteiger partial charge is 0.462 e. The third-order valence-corrected chi connectivity index (χ3v) is 7.75. The minimum absolute atomic E-state index is 0.160. The first-order valence-corrected chi connectivity index (χ1v) is 11.4. The van der Waals surface area contributed by atoms with Crippen molar-refractivity contribution < 1.29 is 22.7 Å². The van der Waals surface area contributed by atoms with Gasteiger partial charge in [-0.2, -0.15) is 4.31 Å². The van der Waals surface area contributed by atoms with E-state index in [1.54, 1.807) is 48.7 Å². The molecule has 1 N–H and O–H groups in total. The molecule has 0 aliphatic carbocycles. The van der Waals surface area contributed by atoms with Gasteiger partial charge in [0.1, 0.15) is 4.21 Å². The molecule has 1 aromatic carbocycles. The average molecular weight is 423 g/mol. The van der Waals surface area contributed by atoms with Gasteiger partial charge in [0.05, 0.1) is 18.1 Å². The molecule has 0 bridgehead atoms. The highest BCUT2D eigenvalue weighted by Gasteiger charge is 2.33. The summed E-state index contributed by atoms with van der Waals surface area (Å²) in [6.07, 6.45) is 1.26. The summed E-state index contributed by atoms with van der Waals surface area (Å²) in [6.45, 7) is 2.60. The zero-order valence-corrected chi connectivity index (χ0v) is 17.1. The topological polar surface area (TPSA) is 92.8 Å². The predicted octanol–water partition coefficient (Wildman–Crippen LogP) is 2.96. The van der Waals surface area contributed by atoms with E-state index in [9.17, 15) is 18.0 Å². The molecule has 1 atom stereocenters. The van der Waals surface area contributed by atoms with Crippen LogP contribution in [-0.4, -0.2) is 44.3 Å². The molecule has 0 saturated carbocycles. The van der Waals surface area contributed by atoms with E-state index in [2.05, 4.69) is 5.32 Å². The number of carbonyl (C=O) groups excluding carboxylic acids is 2. The molecular formula is C19H22N2O5S2. The van der Waals surface area contributed by atoms with Gasteiger partial charge < -0.3 is 10.1 Å². The first kappa shape index (κ1) is 20.5.